The van der Waals surface area contributed by atoms with Crippen LogP contribution < -0.4 is 5.32 Å². The van der Waals surface area contributed by atoms with Crippen LogP contribution in [0.25, 0.3) is 10.9 Å². The maximum Gasteiger partial charge on any atom is 0.306 e. The molecule has 1 heterocycles. The first-order valence-electron chi connectivity index (χ1n) is 10.2. The molecule has 5 nitrogen and oxygen atoms in total. The van der Waals surface area contributed by atoms with E-state index in [0.717, 1.165) is 24.8 Å². The first-order valence-corrected chi connectivity index (χ1v) is 10.2. The highest BCUT2D eigenvalue weighted by molar-refractivity contribution is 5.83. The summed E-state index contributed by atoms with van der Waals surface area (Å²) in [6, 6.07) is 18.3. The van der Waals surface area contributed by atoms with Crippen LogP contribution in [0.4, 0.5) is 0 Å². The third-order valence-electron chi connectivity index (χ3n) is 4.98. The lowest BCUT2D eigenvalue weighted by Gasteiger charge is -2.14. The smallest absolute Gasteiger partial charge is 0.306 e. The summed E-state index contributed by atoms with van der Waals surface area (Å²) in [5, 5.41) is 4.07. The number of H-pyrrole nitrogens is 1. The number of carbonyl (C=O) groups excluding carboxylic acids is 2. The Morgan fingerprint density at radius 1 is 1.03 bits per heavy atom. The molecule has 2 N–H and O–H groups in total. The fraction of sp³-hybridized carbons (Fsp3) is 0.333. The quantitative estimate of drug-likeness (QED) is 0.509. The van der Waals surface area contributed by atoms with Gasteiger partial charge in [0, 0.05) is 29.6 Å². The van der Waals surface area contributed by atoms with Crippen molar-refractivity contribution in [2.75, 3.05) is 6.61 Å². The molecule has 1 atom stereocenters. The summed E-state index contributed by atoms with van der Waals surface area (Å²) in [7, 11) is 0. The molecule has 0 unspecified atom stereocenters. The molecular formula is C24H28N2O3. The van der Waals surface area contributed by atoms with Crippen molar-refractivity contribution < 1.29 is 14.3 Å². The van der Waals surface area contributed by atoms with Gasteiger partial charge < -0.3 is 15.0 Å². The Bertz CT molecular complexity index is 933. The fourth-order valence-corrected chi connectivity index (χ4v) is 3.40. The lowest BCUT2D eigenvalue weighted by molar-refractivity contribution is -0.148. The molecule has 0 saturated heterocycles. The molecule has 0 saturated carbocycles. The van der Waals surface area contributed by atoms with Crippen LogP contribution in [0.2, 0.25) is 0 Å². The second kappa shape index (κ2) is 10.5. The van der Waals surface area contributed by atoms with E-state index >= 15 is 0 Å². The molecule has 3 aromatic rings. The van der Waals surface area contributed by atoms with E-state index in [1.165, 1.54) is 16.5 Å². The van der Waals surface area contributed by atoms with Gasteiger partial charge in [0.25, 0.3) is 5.91 Å². The van der Waals surface area contributed by atoms with Crippen LogP contribution in [0, 0.1) is 0 Å². The van der Waals surface area contributed by atoms with E-state index in [1.54, 1.807) is 0 Å². The molecule has 152 valence electrons. The third kappa shape index (κ3) is 6.49. The Labute approximate surface area is 171 Å². The molecular weight excluding hydrogens is 364 g/mol. The minimum Gasteiger partial charge on any atom is -0.456 e. The van der Waals surface area contributed by atoms with Crippen molar-refractivity contribution in [2.24, 2.45) is 0 Å². The first-order chi connectivity index (χ1) is 14.1. The highest BCUT2D eigenvalue weighted by Crippen LogP contribution is 2.19. The number of fused-ring (bicyclic) bond motifs is 1. The molecule has 3 rings (SSSR count). The van der Waals surface area contributed by atoms with Gasteiger partial charge in [-0.25, -0.2) is 0 Å². The van der Waals surface area contributed by atoms with Gasteiger partial charge in [0.1, 0.15) is 0 Å². The number of nitrogens with one attached hydrogen (secondary N) is 2. The van der Waals surface area contributed by atoms with E-state index in [2.05, 4.69) is 28.5 Å². The van der Waals surface area contributed by atoms with Crippen LogP contribution in [0.3, 0.4) is 0 Å². The Hall–Kier alpha value is -3.08. The second-order valence-corrected chi connectivity index (χ2v) is 7.37. The number of aryl methyl sites for hydroxylation is 2. The summed E-state index contributed by atoms with van der Waals surface area (Å²) in [6.07, 6.45) is 5.51. The zero-order valence-electron chi connectivity index (χ0n) is 16.8. The number of aromatic nitrogens is 1. The molecule has 2 aromatic carbocycles. The van der Waals surface area contributed by atoms with E-state index in [-0.39, 0.29) is 24.5 Å². The van der Waals surface area contributed by atoms with E-state index < -0.39 is 0 Å². The normalized spacial score (nSPS) is 11.9. The van der Waals surface area contributed by atoms with Crippen LogP contribution in [0.15, 0.2) is 60.8 Å². The van der Waals surface area contributed by atoms with Crippen LogP contribution >= 0.6 is 0 Å². The van der Waals surface area contributed by atoms with E-state index in [0.29, 0.717) is 12.8 Å². The van der Waals surface area contributed by atoms with Crippen molar-refractivity contribution >= 4 is 22.8 Å². The fourth-order valence-electron chi connectivity index (χ4n) is 3.40. The van der Waals surface area contributed by atoms with Gasteiger partial charge in [-0.3, -0.25) is 9.59 Å². The minimum atomic E-state index is -0.336. The summed E-state index contributed by atoms with van der Waals surface area (Å²) in [4.78, 5) is 27.1. The summed E-state index contributed by atoms with van der Waals surface area (Å²) >= 11 is 0. The number of rotatable bonds is 10. The van der Waals surface area contributed by atoms with Crippen molar-refractivity contribution in [2.45, 2.75) is 45.1 Å². The molecule has 1 amide bonds. The number of para-hydroxylation sites is 1. The maximum atomic E-state index is 12.0. The minimum absolute atomic E-state index is 0.0308. The van der Waals surface area contributed by atoms with Crippen molar-refractivity contribution in [3.05, 3.63) is 71.9 Å². The van der Waals surface area contributed by atoms with Gasteiger partial charge in [-0.15, -0.1) is 0 Å². The highest BCUT2D eigenvalue weighted by Gasteiger charge is 2.11. The third-order valence-corrected chi connectivity index (χ3v) is 4.98. The van der Waals surface area contributed by atoms with Gasteiger partial charge in [-0.1, -0.05) is 48.5 Å². The van der Waals surface area contributed by atoms with Gasteiger partial charge in [0.05, 0.1) is 0 Å². The number of hydrogen-bond donors (Lipinski definition) is 2. The number of amides is 1. The molecule has 5 heteroatoms. The van der Waals surface area contributed by atoms with Crippen LogP contribution in [0.5, 0.6) is 0 Å². The van der Waals surface area contributed by atoms with Crippen molar-refractivity contribution in [1.29, 1.82) is 0 Å². The largest absolute Gasteiger partial charge is 0.456 e. The number of hydrogen-bond acceptors (Lipinski definition) is 3. The lowest BCUT2D eigenvalue weighted by atomic mass is 10.1. The molecule has 29 heavy (non-hydrogen) atoms. The molecule has 0 aliphatic rings. The monoisotopic (exact) mass is 392 g/mol. The Morgan fingerprint density at radius 3 is 2.62 bits per heavy atom. The summed E-state index contributed by atoms with van der Waals surface area (Å²) in [6.45, 7) is 1.74. The second-order valence-electron chi connectivity index (χ2n) is 7.37. The predicted octanol–water partition coefficient (Wildman–Crippen LogP) is 4.17. The Morgan fingerprint density at radius 2 is 1.79 bits per heavy atom. The number of carbonyl (C=O) groups is 2. The molecule has 0 radical (unpaired) electrons. The summed E-state index contributed by atoms with van der Waals surface area (Å²) in [5.41, 5.74) is 3.54. The number of ether oxygens (including phenoxy) is 1. The zero-order chi connectivity index (χ0) is 20.5. The van der Waals surface area contributed by atoms with E-state index in [9.17, 15) is 9.59 Å². The zero-order valence-corrected chi connectivity index (χ0v) is 16.8. The molecule has 0 bridgehead atoms. The van der Waals surface area contributed by atoms with E-state index in [1.807, 2.05) is 49.5 Å². The Balaban J connectivity index is 1.31. The molecule has 0 spiro atoms. The predicted molar refractivity (Wildman–Crippen MR) is 115 cm³/mol. The average molecular weight is 392 g/mol. The van der Waals surface area contributed by atoms with Gasteiger partial charge in [-0.05, 0) is 49.8 Å². The van der Waals surface area contributed by atoms with Crippen LogP contribution in [-0.4, -0.2) is 29.5 Å². The van der Waals surface area contributed by atoms with E-state index in [4.69, 9.17) is 4.74 Å². The summed E-state index contributed by atoms with van der Waals surface area (Å²) in [5.74, 6) is -0.590. The van der Waals surface area contributed by atoms with Crippen molar-refractivity contribution in [3.63, 3.8) is 0 Å². The van der Waals surface area contributed by atoms with Gasteiger partial charge in [0.15, 0.2) is 6.61 Å². The van der Waals surface area contributed by atoms with Gasteiger partial charge >= 0.3 is 5.97 Å². The average Bonchev–Trinajstić information content (AvgIpc) is 3.15. The lowest BCUT2D eigenvalue weighted by Crippen LogP contribution is -2.36. The molecule has 1 aromatic heterocycles. The molecule has 0 aliphatic heterocycles. The Kier molecular flexibility index (Phi) is 7.45. The number of esters is 1. The first kappa shape index (κ1) is 20.6. The highest BCUT2D eigenvalue weighted by atomic mass is 16.5. The maximum absolute atomic E-state index is 12.0. The molecule has 0 aliphatic carbocycles. The van der Waals surface area contributed by atoms with Gasteiger partial charge in [-0.2, -0.15) is 0 Å². The summed E-state index contributed by atoms with van der Waals surface area (Å²) < 4.78 is 5.12. The van der Waals surface area contributed by atoms with Gasteiger partial charge in [0.2, 0.25) is 0 Å². The molecule has 0 fully saturated rings. The standard InChI is InChI=1S/C24H28N2O3/c1-18(14-15-19-8-3-2-4-9-19)26-23(27)17-29-24(28)13-7-10-20-16-25-22-12-6-5-11-21(20)22/h2-6,8-9,11-12,16,18,25H,7,10,13-15,17H2,1H3,(H,26,27)/t18-/m0/s1. The number of aromatic amines is 1. The SMILES string of the molecule is C[C@@H](CCc1ccccc1)NC(=O)COC(=O)CCCc1c[nH]c2ccccc12. The topological polar surface area (TPSA) is 71.2 Å². The van der Waals surface area contributed by atoms with Crippen LogP contribution in [-0.2, 0) is 27.2 Å². The van der Waals surface area contributed by atoms with Crippen molar-refractivity contribution in [3.8, 4) is 0 Å². The van der Waals surface area contributed by atoms with Crippen molar-refractivity contribution in [1.82, 2.24) is 10.3 Å². The van der Waals surface area contributed by atoms with Crippen LogP contribution in [0.1, 0.15) is 37.3 Å². The number of benzene rings is 2.